The molecule has 6 nitrogen and oxygen atoms in total. The third-order valence-corrected chi connectivity index (χ3v) is 4.56. The molecule has 3 aromatic rings. The first-order valence-electron chi connectivity index (χ1n) is 7.79. The van der Waals surface area contributed by atoms with Crippen molar-refractivity contribution in [3.63, 3.8) is 0 Å². The van der Waals surface area contributed by atoms with Gasteiger partial charge in [0, 0.05) is 29.2 Å². The Morgan fingerprint density at radius 2 is 2.04 bits per heavy atom. The number of nitrogens with one attached hydrogen (secondary N) is 1. The number of aryl methyl sites for hydroxylation is 1. The molecule has 3 heterocycles. The topological polar surface area (TPSA) is 89.6 Å². The van der Waals surface area contributed by atoms with Gasteiger partial charge in [-0.2, -0.15) is 4.98 Å². The highest BCUT2D eigenvalue weighted by Crippen LogP contribution is 2.32. The van der Waals surface area contributed by atoms with E-state index in [-0.39, 0.29) is 17.3 Å². The Labute approximate surface area is 144 Å². The molecule has 3 rings (SSSR count). The number of halogens is 1. The van der Waals surface area contributed by atoms with Crippen molar-refractivity contribution >= 4 is 28.6 Å². The summed E-state index contributed by atoms with van der Waals surface area (Å²) < 4.78 is 1.96. The number of H-pyrrole nitrogens is 1. The number of rotatable bonds is 3. The molecule has 0 aromatic carbocycles. The summed E-state index contributed by atoms with van der Waals surface area (Å²) in [5.74, 6) is 0.396. The Morgan fingerprint density at radius 1 is 1.33 bits per heavy atom. The molecule has 0 aliphatic heterocycles. The summed E-state index contributed by atoms with van der Waals surface area (Å²) in [7, 11) is 0. The number of nitrogens with zero attached hydrogens (tertiary/aromatic N) is 3. The zero-order valence-corrected chi connectivity index (χ0v) is 14.9. The number of nitrogens with two attached hydrogens (primary N) is 1. The van der Waals surface area contributed by atoms with E-state index in [1.165, 1.54) is 0 Å². The summed E-state index contributed by atoms with van der Waals surface area (Å²) in [4.78, 5) is 23.8. The monoisotopic (exact) mass is 345 g/mol. The lowest BCUT2D eigenvalue weighted by molar-refractivity contribution is 0.773. The molecular formula is C17H20ClN5O. The Hall–Kier alpha value is -2.34. The van der Waals surface area contributed by atoms with Crippen molar-refractivity contribution in [2.45, 2.75) is 40.2 Å². The van der Waals surface area contributed by atoms with Crippen LogP contribution in [0.3, 0.4) is 0 Å². The van der Waals surface area contributed by atoms with E-state index < -0.39 is 0 Å². The molecule has 0 fully saturated rings. The smallest absolute Gasteiger partial charge is 0.223 e. The Morgan fingerprint density at radius 3 is 2.71 bits per heavy atom. The molecule has 0 radical (unpaired) electrons. The van der Waals surface area contributed by atoms with Gasteiger partial charge in [-0.15, -0.1) is 0 Å². The summed E-state index contributed by atoms with van der Waals surface area (Å²) in [6.07, 6.45) is 3.74. The van der Waals surface area contributed by atoms with Crippen LogP contribution in [0.2, 0.25) is 5.15 Å². The number of hydrogen-bond acceptors (Lipinski definition) is 4. The molecule has 0 atom stereocenters. The van der Waals surface area contributed by atoms with Gasteiger partial charge in [0.15, 0.2) is 5.43 Å². The van der Waals surface area contributed by atoms with Gasteiger partial charge in [-0.25, -0.2) is 4.98 Å². The number of pyridine rings is 1. The van der Waals surface area contributed by atoms with E-state index in [2.05, 4.69) is 28.8 Å². The van der Waals surface area contributed by atoms with E-state index in [1.54, 1.807) is 13.1 Å². The van der Waals surface area contributed by atoms with Gasteiger partial charge in [-0.3, -0.25) is 4.79 Å². The maximum absolute atomic E-state index is 12.2. The summed E-state index contributed by atoms with van der Waals surface area (Å²) in [6.45, 7) is 8.28. The van der Waals surface area contributed by atoms with Gasteiger partial charge in [0.25, 0.3) is 0 Å². The zero-order chi connectivity index (χ0) is 17.6. The van der Waals surface area contributed by atoms with Crippen LogP contribution < -0.4 is 11.2 Å². The third-order valence-electron chi connectivity index (χ3n) is 4.28. The summed E-state index contributed by atoms with van der Waals surface area (Å²) >= 11 is 6.30. The van der Waals surface area contributed by atoms with Crippen LogP contribution in [0.1, 0.15) is 42.1 Å². The Bertz CT molecular complexity index is 987. The minimum absolute atomic E-state index is 0.0523. The lowest BCUT2D eigenvalue weighted by Crippen LogP contribution is -2.15. The van der Waals surface area contributed by atoms with E-state index in [0.717, 1.165) is 16.6 Å². The second-order valence-corrected chi connectivity index (χ2v) is 6.70. The van der Waals surface area contributed by atoms with Crippen molar-refractivity contribution in [1.29, 1.82) is 0 Å². The molecule has 0 saturated carbocycles. The van der Waals surface area contributed by atoms with Crippen molar-refractivity contribution in [1.82, 2.24) is 19.5 Å². The molecule has 0 aliphatic carbocycles. The molecule has 126 valence electrons. The molecule has 0 spiro atoms. The SMILES string of the molecule is Cc1c[nH]c(Cn2cc(C(C)C)c3c(Cl)nc(N)nc32)c(C)c1=O. The van der Waals surface area contributed by atoms with Crippen molar-refractivity contribution < 1.29 is 0 Å². The molecule has 7 heteroatoms. The highest BCUT2D eigenvalue weighted by atomic mass is 35.5. The first-order chi connectivity index (χ1) is 11.3. The minimum Gasteiger partial charge on any atom is -0.368 e. The fraction of sp³-hybridized carbons (Fsp3) is 0.353. The summed E-state index contributed by atoms with van der Waals surface area (Å²) in [5, 5.41) is 1.17. The van der Waals surface area contributed by atoms with Gasteiger partial charge in [-0.1, -0.05) is 25.4 Å². The molecule has 0 saturated heterocycles. The van der Waals surface area contributed by atoms with E-state index in [1.807, 2.05) is 17.7 Å². The number of aromatic nitrogens is 4. The average molecular weight is 346 g/mol. The molecule has 0 bridgehead atoms. The standard InChI is InChI=1S/C17H20ClN5O/c1-8(2)11-6-23(16-13(11)15(18)21-17(19)22-16)7-12-10(4)14(24)9(3)5-20-12/h5-6,8H,7H2,1-4H3,(H,20,24)(H2,19,21,22). The highest BCUT2D eigenvalue weighted by Gasteiger charge is 2.18. The van der Waals surface area contributed by atoms with Crippen LogP contribution in [0.5, 0.6) is 0 Å². The summed E-state index contributed by atoms with van der Waals surface area (Å²) in [5.41, 5.74) is 9.80. The van der Waals surface area contributed by atoms with E-state index in [9.17, 15) is 4.79 Å². The molecule has 0 unspecified atom stereocenters. The fourth-order valence-electron chi connectivity index (χ4n) is 2.88. The lowest BCUT2D eigenvalue weighted by Gasteiger charge is -2.09. The molecular weight excluding hydrogens is 326 g/mol. The first-order valence-corrected chi connectivity index (χ1v) is 8.17. The zero-order valence-electron chi connectivity index (χ0n) is 14.1. The number of fused-ring (bicyclic) bond motifs is 1. The van der Waals surface area contributed by atoms with Gasteiger partial charge in [0.05, 0.1) is 11.9 Å². The maximum Gasteiger partial charge on any atom is 0.223 e. The second-order valence-electron chi connectivity index (χ2n) is 6.34. The van der Waals surface area contributed by atoms with Crippen LogP contribution in [-0.2, 0) is 6.54 Å². The Balaban J connectivity index is 2.20. The second kappa shape index (κ2) is 5.94. The minimum atomic E-state index is 0.0523. The number of aromatic amines is 1. The predicted molar refractivity (Wildman–Crippen MR) is 96.7 cm³/mol. The molecule has 0 amide bonds. The molecule has 24 heavy (non-hydrogen) atoms. The quantitative estimate of drug-likeness (QED) is 0.713. The van der Waals surface area contributed by atoms with Crippen LogP contribution in [0.25, 0.3) is 11.0 Å². The molecule has 3 N–H and O–H groups in total. The molecule has 0 aliphatic rings. The van der Waals surface area contributed by atoms with Crippen LogP contribution >= 0.6 is 11.6 Å². The van der Waals surface area contributed by atoms with Gasteiger partial charge in [0.1, 0.15) is 10.8 Å². The van der Waals surface area contributed by atoms with Crippen molar-refractivity contribution in [3.05, 3.63) is 50.2 Å². The van der Waals surface area contributed by atoms with Gasteiger partial charge in [0.2, 0.25) is 5.95 Å². The summed E-state index contributed by atoms with van der Waals surface area (Å²) in [6, 6.07) is 0. The predicted octanol–water partition coefficient (Wildman–Crippen LogP) is 3.14. The van der Waals surface area contributed by atoms with Crippen LogP contribution in [0, 0.1) is 13.8 Å². The number of hydrogen-bond donors (Lipinski definition) is 2. The van der Waals surface area contributed by atoms with Gasteiger partial charge in [-0.05, 0) is 25.3 Å². The first kappa shape index (κ1) is 16.5. The van der Waals surface area contributed by atoms with Crippen molar-refractivity contribution in [3.8, 4) is 0 Å². The van der Waals surface area contributed by atoms with Crippen molar-refractivity contribution in [2.24, 2.45) is 0 Å². The maximum atomic E-state index is 12.2. The van der Waals surface area contributed by atoms with Gasteiger partial charge < -0.3 is 15.3 Å². The van der Waals surface area contributed by atoms with E-state index in [0.29, 0.717) is 28.5 Å². The van der Waals surface area contributed by atoms with E-state index in [4.69, 9.17) is 17.3 Å². The van der Waals surface area contributed by atoms with E-state index >= 15 is 0 Å². The third kappa shape index (κ3) is 2.67. The number of anilines is 1. The number of nitrogen functional groups attached to an aromatic ring is 1. The Kier molecular flexibility index (Phi) is 4.09. The highest BCUT2D eigenvalue weighted by molar-refractivity contribution is 6.34. The van der Waals surface area contributed by atoms with Crippen LogP contribution in [0.4, 0.5) is 5.95 Å². The van der Waals surface area contributed by atoms with Crippen LogP contribution in [-0.4, -0.2) is 19.5 Å². The van der Waals surface area contributed by atoms with Crippen molar-refractivity contribution in [2.75, 3.05) is 5.73 Å². The lowest BCUT2D eigenvalue weighted by atomic mass is 10.0. The fourth-order valence-corrected chi connectivity index (χ4v) is 3.16. The largest absolute Gasteiger partial charge is 0.368 e. The normalized spacial score (nSPS) is 11.6. The van der Waals surface area contributed by atoms with Gasteiger partial charge >= 0.3 is 0 Å². The van der Waals surface area contributed by atoms with Crippen LogP contribution in [0.15, 0.2) is 17.2 Å². The average Bonchev–Trinajstić information content (AvgIpc) is 2.87. The molecule has 3 aromatic heterocycles.